The van der Waals surface area contributed by atoms with Gasteiger partial charge in [-0.2, -0.15) is 0 Å². The number of carboxylic acid groups (broad SMARTS) is 1. The molecule has 0 saturated heterocycles. The lowest BCUT2D eigenvalue weighted by atomic mass is 10.1. The first-order valence-corrected chi connectivity index (χ1v) is 11.9. The molecule has 1 aliphatic carbocycles. The number of aromatic nitrogens is 2. The molecule has 1 heterocycles. The van der Waals surface area contributed by atoms with E-state index < -0.39 is 5.97 Å². The van der Waals surface area contributed by atoms with Gasteiger partial charge in [-0.15, -0.1) is 0 Å². The molecule has 178 valence electrons. The summed E-state index contributed by atoms with van der Waals surface area (Å²) in [4.78, 5) is 29.4. The Morgan fingerprint density at radius 2 is 1.80 bits per heavy atom. The molecule has 4 aromatic rings. The van der Waals surface area contributed by atoms with Gasteiger partial charge in [0.25, 0.3) is 5.91 Å². The lowest BCUT2D eigenvalue weighted by molar-refractivity contribution is 0.0696. The van der Waals surface area contributed by atoms with Crippen LogP contribution in [0.25, 0.3) is 22.4 Å². The Morgan fingerprint density at radius 3 is 2.54 bits per heavy atom. The van der Waals surface area contributed by atoms with Crippen LogP contribution in [0.15, 0.2) is 66.7 Å². The average Bonchev–Trinajstić information content (AvgIpc) is 3.51. The number of fused-ring (bicyclic) bond motifs is 1. The Morgan fingerprint density at radius 1 is 1.03 bits per heavy atom. The highest BCUT2D eigenvalue weighted by atomic mass is 16.4. The number of nitrogens with two attached hydrogens (primary N) is 1. The fourth-order valence-corrected chi connectivity index (χ4v) is 4.87. The van der Waals surface area contributed by atoms with Crippen molar-refractivity contribution in [3.8, 4) is 11.4 Å². The summed E-state index contributed by atoms with van der Waals surface area (Å²) in [5.41, 5.74) is 10.7. The van der Waals surface area contributed by atoms with Gasteiger partial charge in [0.2, 0.25) is 0 Å². The molecule has 1 fully saturated rings. The molecule has 7 heteroatoms. The number of hydrogen-bond acceptors (Lipinski definition) is 4. The van der Waals surface area contributed by atoms with E-state index in [2.05, 4.69) is 9.88 Å². The molecule has 4 N–H and O–H groups in total. The van der Waals surface area contributed by atoms with Crippen molar-refractivity contribution in [2.45, 2.75) is 44.7 Å². The van der Waals surface area contributed by atoms with Crippen LogP contribution in [0.4, 0.5) is 5.69 Å². The van der Waals surface area contributed by atoms with Gasteiger partial charge in [-0.25, -0.2) is 9.78 Å². The third kappa shape index (κ3) is 4.55. The molecule has 0 spiro atoms. The highest BCUT2D eigenvalue weighted by Gasteiger charge is 2.24. The topological polar surface area (TPSA) is 110 Å². The summed E-state index contributed by atoms with van der Waals surface area (Å²) in [6.07, 6.45) is 4.41. The zero-order chi connectivity index (χ0) is 24.5. The van der Waals surface area contributed by atoms with Crippen molar-refractivity contribution in [1.82, 2.24) is 9.55 Å². The summed E-state index contributed by atoms with van der Waals surface area (Å²) >= 11 is 0. The minimum absolute atomic E-state index is 0.125. The molecule has 0 radical (unpaired) electrons. The maximum atomic E-state index is 13.1. The van der Waals surface area contributed by atoms with Gasteiger partial charge in [-0.1, -0.05) is 37.1 Å². The van der Waals surface area contributed by atoms with E-state index >= 15 is 0 Å². The molecule has 1 saturated carbocycles. The molecule has 35 heavy (non-hydrogen) atoms. The van der Waals surface area contributed by atoms with Crippen molar-refractivity contribution in [3.63, 3.8) is 0 Å². The van der Waals surface area contributed by atoms with Gasteiger partial charge in [0.15, 0.2) is 0 Å². The monoisotopic (exact) mass is 468 g/mol. The van der Waals surface area contributed by atoms with E-state index in [1.54, 1.807) is 18.2 Å². The molecule has 3 aromatic carbocycles. The van der Waals surface area contributed by atoms with Crippen molar-refractivity contribution in [1.29, 1.82) is 0 Å². The number of nitrogens with zero attached hydrogens (tertiary/aromatic N) is 2. The number of carbonyl (C=O) groups is 2. The fourth-order valence-electron chi connectivity index (χ4n) is 4.87. The number of anilines is 1. The van der Waals surface area contributed by atoms with Gasteiger partial charge in [-0.3, -0.25) is 4.79 Å². The molecule has 5 rings (SSSR count). The third-order valence-electron chi connectivity index (χ3n) is 6.68. The number of carbonyl (C=O) groups excluding carboxylic acids is 1. The normalized spacial score (nSPS) is 14.8. The molecule has 7 nitrogen and oxygen atoms in total. The molecule has 1 atom stereocenters. The molecule has 0 aliphatic heterocycles. The lowest BCUT2D eigenvalue weighted by Gasteiger charge is -2.17. The summed E-state index contributed by atoms with van der Waals surface area (Å²) in [6.45, 7) is 1.90. The zero-order valence-electron chi connectivity index (χ0n) is 19.6. The van der Waals surface area contributed by atoms with Gasteiger partial charge < -0.3 is 20.7 Å². The van der Waals surface area contributed by atoms with Crippen LogP contribution in [0.3, 0.4) is 0 Å². The number of carboxylic acids is 1. The van der Waals surface area contributed by atoms with Gasteiger partial charge in [0.05, 0.1) is 16.6 Å². The number of imidazole rings is 1. The Bertz CT molecular complexity index is 1420. The minimum atomic E-state index is -0.976. The highest BCUT2D eigenvalue weighted by Crippen LogP contribution is 2.37. The lowest BCUT2D eigenvalue weighted by Crippen LogP contribution is -2.13. The van der Waals surface area contributed by atoms with E-state index in [1.807, 2.05) is 55.5 Å². The van der Waals surface area contributed by atoms with Gasteiger partial charge in [0, 0.05) is 28.9 Å². The van der Waals surface area contributed by atoms with Gasteiger partial charge >= 0.3 is 5.97 Å². The SMILES string of the molecule is CC(N)c1cccc(NC(=O)c2cccc(-c3nc4cc(C(=O)O)ccc4n3C3CCCC3)c2)c1. The van der Waals surface area contributed by atoms with Crippen molar-refractivity contribution in [2.24, 2.45) is 5.73 Å². The quantitative estimate of drug-likeness (QED) is 0.332. The van der Waals surface area contributed by atoms with Crippen LogP contribution in [0.2, 0.25) is 0 Å². The van der Waals surface area contributed by atoms with E-state index in [0.717, 1.165) is 48.2 Å². The standard InChI is InChI=1S/C28H28N4O3/c1-17(29)18-6-5-9-22(15-18)30-27(33)20-8-4-7-19(14-20)26-31-24-16-21(28(34)35)12-13-25(24)32(26)23-10-2-3-11-23/h4-9,12-17,23H,2-3,10-11,29H2,1H3,(H,30,33)(H,34,35). The van der Waals surface area contributed by atoms with Crippen LogP contribution < -0.4 is 11.1 Å². The summed E-state index contributed by atoms with van der Waals surface area (Å²) in [7, 11) is 0. The average molecular weight is 469 g/mol. The minimum Gasteiger partial charge on any atom is -0.478 e. The van der Waals surface area contributed by atoms with Crippen LogP contribution in [0, 0.1) is 0 Å². The number of benzene rings is 3. The van der Waals surface area contributed by atoms with E-state index in [9.17, 15) is 14.7 Å². The van der Waals surface area contributed by atoms with Crippen LogP contribution in [0.1, 0.15) is 71.0 Å². The third-order valence-corrected chi connectivity index (χ3v) is 6.68. The van der Waals surface area contributed by atoms with E-state index in [-0.39, 0.29) is 17.5 Å². The first-order valence-electron chi connectivity index (χ1n) is 11.9. The predicted molar refractivity (Wildman–Crippen MR) is 137 cm³/mol. The summed E-state index contributed by atoms with van der Waals surface area (Å²) < 4.78 is 2.22. The first-order chi connectivity index (χ1) is 16.9. The van der Waals surface area contributed by atoms with Gasteiger partial charge in [-0.05, 0) is 67.8 Å². The van der Waals surface area contributed by atoms with E-state index in [1.165, 1.54) is 0 Å². The zero-order valence-corrected chi connectivity index (χ0v) is 19.6. The molecule has 0 bridgehead atoms. The molecule has 1 aromatic heterocycles. The summed E-state index contributed by atoms with van der Waals surface area (Å²) in [5.74, 6) is -0.441. The fraction of sp³-hybridized carbons (Fsp3) is 0.250. The summed E-state index contributed by atoms with van der Waals surface area (Å²) in [6, 6.07) is 20.2. The second-order valence-corrected chi connectivity index (χ2v) is 9.20. The van der Waals surface area contributed by atoms with E-state index in [0.29, 0.717) is 22.8 Å². The van der Waals surface area contributed by atoms with Crippen molar-refractivity contribution in [3.05, 3.63) is 83.4 Å². The van der Waals surface area contributed by atoms with Crippen molar-refractivity contribution in [2.75, 3.05) is 5.32 Å². The Hall–Kier alpha value is -3.97. The number of hydrogen-bond donors (Lipinski definition) is 3. The second-order valence-electron chi connectivity index (χ2n) is 9.20. The van der Waals surface area contributed by atoms with Crippen molar-refractivity contribution < 1.29 is 14.7 Å². The maximum absolute atomic E-state index is 13.1. The molecular weight excluding hydrogens is 440 g/mol. The maximum Gasteiger partial charge on any atom is 0.335 e. The Kier molecular flexibility index (Phi) is 6.09. The molecular formula is C28H28N4O3. The van der Waals surface area contributed by atoms with Crippen LogP contribution in [-0.4, -0.2) is 26.5 Å². The first kappa shape index (κ1) is 22.8. The smallest absolute Gasteiger partial charge is 0.335 e. The van der Waals surface area contributed by atoms with Crippen LogP contribution in [0.5, 0.6) is 0 Å². The molecule has 1 unspecified atom stereocenters. The number of rotatable bonds is 6. The second kappa shape index (κ2) is 9.35. The van der Waals surface area contributed by atoms with E-state index in [4.69, 9.17) is 10.7 Å². The molecule has 1 amide bonds. The highest BCUT2D eigenvalue weighted by molar-refractivity contribution is 6.05. The number of aromatic carboxylic acids is 1. The van der Waals surface area contributed by atoms with Crippen molar-refractivity contribution >= 4 is 28.6 Å². The largest absolute Gasteiger partial charge is 0.478 e. The Balaban J connectivity index is 1.53. The van der Waals surface area contributed by atoms with Crippen LogP contribution >= 0.6 is 0 Å². The number of amides is 1. The molecule has 1 aliphatic rings. The van der Waals surface area contributed by atoms with Crippen LogP contribution in [-0.2, 0) is 0 Å². The predicted octanol–water partition coefficient (Wildman–Crippen LogP) is 5.79. The Labute approximate surface area is 203 Å². The van der Waals surface area contributed by atoms with Gasteiger partial charge in [0.1, 0.15) is 5.82 Å². The summed E-state index contributed by atoms with van der Waals surface area (Å²) in [5, 5.41) is 12.4. The number of nitrogens with one attached hydrogen (secondary N) is 1.